The topological polar surface area (TPSA) is 116 Å². The summed E-state index contributed by atoms with van der Waals surface area (Å²) >= 11 is 5.73. The zero-order valence-electron chi connectivity index (χ0n) is 14.0. The number of hydrogen-bond donors (Lipinski definition) is 1. The molecule has 8 nitrogen and oxygen atoms in total. The summed E-state index contributed by atoms with van der Waals surface area (Å²) in [5.74, 6) is -1.48. The second-order valence-electron chi connectivity index (χ2n) is 5.40. The number of ketones is 1. The molecule has 2 rings (SSSR count). The zero-order valence-corrected chi connectivity index (χ0v) is 14.8. The molecule has 2 aromatic carbocycles. The number of nitrogens with zero attached hydrogens (tertiary/aromatic N) is 1. The molecule has 2 aromatic rings. The molecule has 0 bridgehead atoms. The molecular weight excluding hydrogens is 376 g/mol. The first-order valence-electron chi connectivity index (χ1n) is 7.84. The van der Waals surface area contributed by atoms with Gasteiger partial charge >= 0.3 is 5.97 Å². The normalized spacial score (nSPS) is 10.1. The molecule has 0 heterocycles. The van der Waals surface area contributed by atoms with E-state index in [1.807, 2.05) is 0 Å². The molecule has 0 atom stereocenters. The van der Waals surface area contributed by atoms with Crippen LogP contribution in [-0.4, -0.2) is 35.7 Å². The van der Waals surface area contributed by atoms with Crippen LogP contribution in [0.25, 0.3) is 0 Å². The van der Waals surface area contributed by atoms with E-state index in [0.717, 1.165) is 0 Å². The van der Waals surface area contributed by atoms with Gasteiger partial charge in [0.05, 0.1) is 11.3 Å². The van der Waals surface area contributed by atoms with Gasteiger partial charge in [0, 0.05) is 34.8 Å². The highest BCUT2D eigenvalue weighted by atomic mass is 35.5. The number of nitro benzene ring substituents is 1. The molecule has 27 heavy (non-hydrogen) atoms. The number of Topliss-reactive ketones (excluding diaryl/α,β-unsaturated/α-hetero) is 1. The number of benzene rings is 2. The van der Waals surface area contributed by atoms with Crippen molar-refractivity contribution in [3.63, 3.8) is 0 Å². The van der Waals surface area contributed by atoms with Gasteiger partial charge in [-0.2, -0.15) is 0 Å². The Bertz CT molecular complexity index is 849. The SMILES string of the molecule is O=C(CCNC(=O)c1ccc([N+](=O)[O-])cc1)OCC(=O)c1ccc(Cl)cc1. The number of nitro groups is 1. The number of nitrogens with one attached hydrogen (secondary N) is 1. The zero-order chi connectivity index (χ0) is 19.8. The number of rotatable bonds is 8. The Morgan fingerprint density at radius 1 is 1.00 bits per heavy atom. The van der Waals surface area contributed by atoms with Crippen molar-refractivity contribution in [1.29, 1.82) is 0 Å². The van der Waals surface area contributed by atoms with Crippen molar-refractivity contribution in [3.8, 4) is 0 Å². The largest absolute Gasteiger partial charge is 0.457 e. The number of carbonyl (C=O) groups is 3. The fourth-order valence-corrected chi connectivity index (χ4v) is 2.18. The third-order valence-corrected chi connectivity index (χ3v) is 3.74. The number of esters is 1. The van der Waals surface area contributed by atoms with Crippen molar-refractivity contribution in [1.82, 2.24) is 5.32 Å². The van der Waals surface area contributed by atoms with E-state index >= 15 is 0 Å². The van der Waals surface area contributed by atoms with Gasteiger partial charge < -0.3 is 10.1 Å². The van der Waals surface area contributed by atoms with Crippen molar-refractivity contribution in [2.45, 2.75) is 6.42 Å². The standard InChI is InChI=1S/C18H15ClN2O6/c19-14-5-1-12(2-6-14)16(22)11-27-17(23)9-10-20-18(24)13-3-7-15(8-4-13)21(25)26/h1-8H,9-11H2,(H,20,24). The highest BCUT2D eigenvalue weighted by molar-refractivity contribution is 6.30. The van der Waals surface area contributed by atoms with Gasteiger partial charge in [0.2, 0.25) is 0 Å². The number of halogens is 1. The molecule has 0 aromatic heterocycles. The Morgan fingerprint density at radius 2 is 1.59 bits per heavy atom. The monoisotopic (exact) mass is 390 g/mol. The second kappa shape index (κ2) is 9.44. The average molecular weight is 391 g/mol. The van der Waals surface area contributed by atoms with Crippen LogP contribution in [0, 0.1) is 10.1 Å². The Hall–Kier alpha value is -3.26. The number of hydrogen-bond acceptors (Lipinski definition) is 6. The van der Waals surface area contributed by atoms with Crippen LogP contribution in [0.4, 0.5) is 5.69 Å². The third-order valence-electron chi connectivity index (χ3n) is 3.49. The molecule has 0 saturated heterocycles. The molecule has 0 aliphatic carbocycles. The summed E-state index contributed by atoms with van der Waals surface area (Å²) in [5, 5.41) is 13.6. The highest BCUT2D eigenvalue weighted by Crippen LogP contribution is 2.12. The Morgan fingerprint density at radius 3 is 2.19 bits per heavy atom. The Balaban J connectivity index is 1.72. The van der Waals surface area contributed by atoms with E-state index in [0.29, 0.717) is 10.6 Å². The molecular formula is C18H15ClN2O6. The molecule has 0 aliphatic heterocycles. The van der Waals surface area contributed by atoms with Crippen LogP contribution < -0.4 is 5.32 Å². The van der Waals surface area contributed by atoms with E-state index < -0.39 is 23.4 Å². The third kappa shape index (κ3) is 6.19. The minimum absolute atomic E-state index is 0.00376. The Labute approximate surface area is 159 Å². The molecule has 9 heteroatoms. The lowest BCUT2D eigenvalue weighted by Crippen LogP contribution is -2.27. The van der Waals surface area contributed by atoms with Gasteiger partial charge in [-0.3, -0.25) is 24.5 Å². The summed E-state index contributed by atoms with van der Waals surface area (Å²) in [7, 11) is 0. The smallest absolute Gasteiger partial charge is 0.308 e. The minimum Gasteiger partial charge on any atom is -0.457 e. The van der Waals surface area contributed by atoms with Gasteiger partial charge in [-0.1, -0.05) is 11.6 Å². The van der Waals surface area contributed by atoms with Crippen LogP contribution in [0.1, 0.15) is 27.1 Å². The van der Waals surface area contributed by atoms with E-state index in [9.17, 15) is 24.5 Å². The van der Waals surface area contributed by atoms with E-state index in [2.05, 4.69) is 5.32 Å². The van der Waals surface area contributed by atoms with Crippen molar-refractivity contribution >= 4 is 34.9 Å². The average Bonchev–Trinajstić information content (AvgIpc) is 2.66. The number of amides is 1. The van der Waals surface area contributed by atoms with Crippen LogP contribution in [-0.2, 0) is 9.53 Å². The van der Waals surface area contributed by atoms with Gasteiger partial charge in [0.25, 0.3) is 11.6 Å². The highest BCUT2D eigenvalue weighted by Gasteiger charge is 2.12. The van der Waals surface area contributed by atoms with Crippen LogP contribution >= 0.6 is 11.6 Å². The maximum Gasteiger partial charge on any atom is 0.308 e. The maximum absolute atomic E-state index is 11.9. The molecule has 0 fully saturated rings. The molecule has 0 aliphatic rings. The minimum atomic E-state index is -0.638. The molecule has 1 amide bonds. The quantitative estimate of drug-likeness (QED) is 0.320. The molecule has 0 saturated carbocycles. The second-order valence-corrected chi connectivity index (χ2v) is 5.84. The summed E-state index contributed by atoms with van der Waals surface area (Å²) in [4.78, 5) is 45.4. The number of non-ortho nitro benzene ring substituents is 1. The lowest BCUT2D eigenvalue weighted by Gasteiger charge is -2.06. The molecule has 0 spiro atoms. The van der Waals surface area contributed by atoms with Crippen molar-refractivity contribution in [2.24, 2.45) is 0 Å². The predicted molar refractivity (Wildman–Crippen MR) is 96.8 cm³/mol. The van der Waals surface area contributed by atoms with Crippen molar-refractivity contribution in [2.75, 3.05) is 13.2 Å². The molecule has 1 N–H and O–H groups in total. The van der Waals surface area contributed by atoms with E-state index in [4.69, 9.17) is 16.3 Å². The van der Waals surface area contributed by atoms with Crippen LogP contribution in [0.2, 0.25) is 5.02 Å². The predicted octanol–water partition coefficient (Wildman–Crippen LogP) is 2.79. The Kier molecular flexibility index (Phi) is 7.01. The van der Waals surface area contributed by atoms with Gasteiger partial charge in [-0.05, 0) is 36.4 Å². The van der Waals surface area contributed by atoms with Gasteiger partial charge in [-0.25, -0.2) is 0 Å². The lowest BCUT2D eigenvalue weighted by molar-refractivity contribution is -0.384. The summed E-state index contributed by atoms with van der Waals surface area (Å²) in [6, 6.07) is 11.2. The molecule has 140 valence electrons. The van der Waals surface area contributed by atoms with E-state index in [1.54, 1.807) is 12.1 Å². The summed E-state index contributed by atoms with van der Waals surface area (Å²) in [6.45, 7) is -0.402. The fourth-order valence-electron chi connectivity index (χ4n) is 2.05. The van der Waals surface area contributed by atoms with Gasteiger partial charge in [0.1, 0.15) is 0 Å². The molecule has 0 unspecified atom stereocenters. The van der Waals surface area contributed by atoms with Gasteiger partial charge in [0.15, 0.2) is 12.4 Å². The molecule has 0 radical (unpaired) electrons. The summed E-state index contributed by atoms with van der Waals surface area (Å²) in [6.07, 6.45) is -0.118. The first-order valence-corrected chi connectivity index (χ1v) is 8.21. The van der Waals surface area contributed by atoms with Crippen LogP contribution in [0.3, 0.4) is 0 Å². The maximum atomic E-state index is 11.9. The van der Waals surface area contributed by atoms with E-state index in [-0.39, 0.29) is 30.0 Å². The van der Waals surface area contributed by atoms with Crippen LogP contribution in [0.15, 0.2) is 48.5 Å². The van der Waals surface area contributed by atoms with Crippen LogP contribution in [0.5, 0.6) is 0 Å². The van der Waals surface area contributed by atoms with Crippen molar-refractivity contribution in [3.05, 3.63) is 74.8 Å². The number of carbonyl (C=O) groups excluding carboxylic acids is 3. The first-order chi connectivity index (χ1) is 12.9. The first kappa shape index (κ1) is 20.1. The lowest BCUT2D eigenvalue weighted by atomic mass is 10.1. The van der Waals surface area contributed by atoms with Gasteiger partial charge in [-0.15, -0.1) is 0 Å². The number of ether oxygens (including phenoxy) is 1. The fraction of sp³-hybridized carbons (Fsp3) is 0.167. The van der Waals surface area contributed by atoms with Crippen molar-refractivity contribution < 1.29 is 24.0 Å². The van der Waals surface area contributed by atoms with E-state index in [1.165, 1.54) is 36.4 Å². The summed E-state index contributed by atoms with van der Waals surface area (Å²) in [5.41, 5.74) is 0.478. The summed E-state index contributed by atoms with van der Waals surface area (Å²) < 4.78 is 4.87.